The molecule has 4 N–H and O–H groups in total. The van der Waals surface area contributed by atoms with E-state index >= 15 is 0 Å². The minimum atomic E-state index is -0.268. The van der Waals surface area contributed by atoms with Gasteiger partial charge in [0, 0.05) is 22.4 Å². The Morgan fingerprint density at radius 3 is 2.78 bits per heavy atom. The van der Waals surface area contributed by atoms with Crippen LogP contribution in [0.25, 0.3) is 0 Å². The number of benzene rings is 2. The van der Waals surface area contributed by atoms with Crippen LogP contribution in [0.4, 0.5) is 5.69 Å². The number of carbonyl (C=O) groups excluding carboxylic acids is 1. The highest BCUT2D eigenvalue weighted by atomic mass is 16.5. The summed E-state index contributed by atoms with van der Waals surface area (Å²) in [7, 11) is 0. The summed E-state index contributed by atoms with van der Waals surface area (Å²) in [5, 5.41) is 10.5. The number of nitrogens with two attached hydrogens (primary N) is 1. The van der Waals surface area contributed by atoms with Crippen LogP contribution in [-0.2, 0) is 11.3 Å². The number of esters is 1. The molecule has 5 nitrogen and oxygen atoms in total. The second-order valence-corrected chi connectivity index (χ2v) is 5.09. The molecule has 0 radical (unpaired) electrons. The van der Waals surface area contributed by atoms with Crippen molar-refractivity contribution in [3.8, 4) is 11.8 Å². The summed E-state index contributed by atoms with van der Waals surface area (Å²) in [6, 6.07) is 12.7. The standard InChI is InChI=1S/C18H15N3O2/c19-17(20)13-4-6-15(7-5-13)21-9-1-2-12-3-8-16-14(10-12)11-23-18(16)22/h3-8,10,21H,9,11H2,(H3,19,20). The van der Waals surface area contributed by atoms with Crippen LogP contribution in [0.1, 0.15) is 27.0 Å². The molecule has 0 unspecified atom stereocenters. The van der Waals surface area contributed by atoms with Gasteiger partial charge in [-0.05, 0) is 42.5 Å². The fourth-order valence-corrected chi connectivity index (χ4v) is 2.27. The molecule has 0 amide bonds. The summed E-state index contributed by atoms with van der Waals surface area (Å²) >= 11 is 0. The van der Waals surface area contributed by atoms with Crippen LogP contribution in [-0.4, -0.2) is 18.3 Å². The van der Waals surface area contributed by atoms with E-state index in [0.717, 1.165) is 16.8 Å². The van der Waals surface area contributed by atoms with Gasteiger partial charge in [0.2, 0.25) is 0 Å². The molecule has 5 heteroatoms. The Kier molecular flexibility index (Phi) is 3.98. The fourth-order valence-electron chi connectivity index (χ4n) is 2.27. The van der Waals surface area contributed by atoms with E-state index in [1.54, 1.807) is 18.2 Å². The smallest absolute Gasteiger partial charge is 0.338 e. The third-order valence-electron chi connectivity index (χ3n) is 3.49. The van der Waals surface area contributed by atoms with Crippen LogP contribution in [0, 0.1) is 17.3 Å². The first-order valence-corrected chi connectivity index (χ1v) is 7.11. The number of fused-ring (bicyclic) bond motifs is 1. The molecule has 2 aromatic rings. The summed E-state index contributed by atoms with van der Waals surface area (Å²) in [5.41, 5.74) is 9.38. The number of nitrogen functional groups attached to an aromatic ring is 1. The number of hydrogen-bond acceptors (Lipinski definition) is 4. The first kappa shape index (κ1) is 14.7. The molecule has 0 bridgehead atoms. The quantitative estimate of drug-likeness (QED) is 0.351. The van der Waals surface area contributed by atoms with Gasteiger partial charge in [0.05, 0.1) is 12.1 Å². The van der Waals surface area contributed by atoms with Crippen LogP contribution in [0.5, 0.6) is 0 Å². The van der Waals surface area contributed by atoms with Crippen LogP contribution in [0.2, 0.25) is 0 Å². The number of ether oxygens (including phenoxy) is 1. The average molecular weight is 305 g/mol. The minimum Gasteiger partial charge on any atom is -0.457 e. The molecule has 3 rings (SSSR count). The van der Waals surface area contributed by atoms with Crippen molar-refractivity contribution in [1.82, 2.24) is 0 Å². The topological polar surface area (TPSA) is 88.2 Å². The van der Waals surface area contributed by atoms with Crippen LogP contribution in [0.15, 0.2) is 42.5 Å². The maximum Gasteiger partial charge on any atom is 0.338 e. The van der Waals surface area contributed by atoms with Gasteiger partial charge in [-0.25, -0.2) is 4.79 Å². The zero-order valence-corrected chi connectivity index (χ0v) is 12.3. The first-order valence-electron chi connectivity index (χ1n) is 7.11. The fraction of sp³-hybridized carbons (Fsp3) is 0.111. The van der Waals surface area contributed by atoms with Crippen molar-refractivity contribution in [2.24, 2.45) is 5.73 Å². The van der Waals surface area contributed by atoms with Crippen LogP contribution >= 0.6 is 0 Å². The summed E-state index contributed by atoms with van der Waals surface area (Å²) in [5.74, 6) is 5.87. The largest absolute Gasteiger partial charge is 0.457 e. The second-order valence-electron chi connectivity index (χ2n) is 5.09. The van der Waals surface area contributed by atoms with Gasteiger partial charge in [0.15, 0.2) is 0 Å². The molecule has 0 aromatic heterocycles. The van der Waals surface area contributed by atoms with Gasteiger partial charge in [-0.1, -0.05) is 11.8 Å². The van der Waals surface area contributed by atoms with E-state index in [9.17, 15) is 4.79 Å². The van der Waals surface area contributed by atoms with Gasteiger partial charge in [-0.15, -0.1) is 0 Å². The number of amidine groups is 1. The monoisotopic (exact) mass is 305 g/mol. The van der Waals surface area contributed by atoms with Gasteiger partial charge < -0.3 is 15.8 Å². The molecule has 0 aliphatic carbocycles. The van der Waals surface area contributed by atoms with Crippen molar-refractivity contribution >= 4 is 17.5 Å². The van der Waals surface area contributed by atoms with E-state index in [0.29, 0.717) is 24.3 Å². The average Bonchev–Trinajstić information content (AvgIpc) is 2.93. The summed E-state index contributed by atoms with van der Waals surface area (Å²) in [6.45, 7) is 0.816. The van der Waals surface area contributed by atoms with Gasteiger partial charge >= 0.3 is 5.97 Å². The van der Waals surface area contributed by atoms with Gasteiger partial charge in [0.25, 0.3) is 0 Å². The van der Waals surface area contributed by atoms with E-state index in [2.05, 4.69) is 17.2 Å². The molecule has 23 heavy (non-hydrogen) atoms. The molecule has 1 aliphatic rings. The molecule has 0 saturated carbocycles. The molecule has 0 atom stereocenters. The number of carbonyl (C=O) groups is 1. The Balaban J connectivity index is 1.60. The number of rotatable bonds is 3. The minimum absolute atomic E-state index is 0.0513. The first-order chi connectivity index (χ1) is 11.1. The van der Waals surface area contributed by atoms with Crippen molar-refractivity contribution in [2.45, 2.75) is 6.61 Å². The van der Waals surface area contributed by atoms with Crippen molar-refractivity contribution in [2.75, 3.05) is 11.9 Å². The summed E-state index contributed by atoms with van der Waals surface area (Å²) in [4.78, 5) is 11.4. The predicted octanol–water partition coefficient (Wildman–Crippen LogP) is 2.10. The lowest BCUT2D eigenvalue weighted by Gasteiger charge is -2.03. The maximum absolute atomic E-state index is 11.4. The molecule has 0 spiro atoms. The third-order valence-corrected chi connectivity index (χ3v) is 3.49. The van der Waals surface area contributed by atoms with Crippen LogP contribution in [0.3, 0.4) is 0 Å². The highest BCUT2D eigenvalue weighted by molar-refractivity contribution is 5.95. The molecule has 2 aromatic carbocycles. The lowest BCUT2D eigenvalue weighted by molar-refractivity contribution is 0.0535. The highest BCUT2D eigenvalue weighted by Crippen LogP contribution is 2.20. The van der Waals surface area contributed by atoms with Crippen molar-refractivity contribution in [3.05, 3.63) is 64.7 Å². The normalized spacial score (nSPS) is 11.9. The van der Waals surface area contributed by atoms with E-state index in [1.807, 2.05) is 24.3 Å². The molecule has 1 heterocycles. The summed E-state index contributed by atoms with van der Waals surface area (Å²) in [6.07, 6.45) is 0. The SMILES string of the molecule is N=C(N)c1ccc(NCC#Cc2ccc3c(c2)COC3=O)cc1. The van der Waals surface area contributed by atoms with Gasteiger partial charge in [0.1, 0.15) is 12.4 Å². The van der Waals surface area contributed by atoms with Gasteiger partial charge in [-0.3, -0.25) is 5.41 Å². The number of hydrogen-bond donors (Lipinski definition) is 3. The van der Waals surface area contributed by atoms with Crippen LogP contribution < -0.4 is 11.1 Å². The van der Waals surface area contributed by atoms with Gasteiger partial charge in [-0.2, -0.15) is 0 Å². The highest BCUT2D eigenvalue weighted by Gasteiger charge is 2.20. The molecule has 1 aliphatic heterocycles. The number of cyclic esters (lactones) is 1. The van der Waals surface area contributed by atoms with Crippen molar-refractivity contribution < 1.29 is 9.53 Å². The zero-order valence-electron chi connectivity index (χ0n) is 12.3. The van der Waals surface area contributed by atoms with E-state index in [-0.39, 0.29) is 11.8 Å². The van der Waals surface area contributed by atoms with Crippen molar-refractivity contribution in [3.63, 3.8) is 0 Å². The second kappa shape index (κ2) is 6.24. The van der Waals surface area contributed by atoms with E-state index in [1.165, 1.54) is 0 Å². The van der Waals surface area contributed by atoms with Crippen molar-refractivity contribution in [1.29, 1.82) is 5.41 Å². The van der Waals surface area contributed by atoms with E-state index < -0.39 is 0 Å². The Bertz CT molecular complexity index is 830. The van der Waals surface area contributed by atoms with E-state index in [4.69, 9.17) is 15.9 Å². The molecule has 0 fully saturated rings. The maximum atomic E-state index is 11.4. The Labute approximate surface area is 134 Å². The summed E-state index contributed by atoms with van der Waals surface area (Å²) < 4.78 is 4.96. The Hall–Kier alpha value is -3.26. The lowest BCUT2D eigenvalue weighted by Crippen LogP contribution is -2.10. The molecule has 114 valence electrons. The number of nitrogens with one attached hydrogen (secondary N) is 2. The Morgan fingerprint density at radius 1 is 1.26 bits per heavy atom. The Morgan fingerprint density at radius 2 is 2.04 bits per heavy atom. The predicted molar refractivity (Wildman–Crippen MR) is 88.4 cm³/mol. The number of anilines is 1. The lowest BCUT2D eigenvalue weighted by atomic mass is 10.1. The third kappa shape index (κ3) is 3.33. The molecular weight excluding hydrogens is 290 g/mol. The molecular formula is C18H15N3O2. The molecule has 0 saturated heterocycles. The zero-order chi connectivity index (χ0) is 16.2.